The molecule has 0 saturated carbocycles. The maximum Gasteiger partial charge on any atom is 0.129 e. The minimum atomic E-state index is -1.21. The van der Waals surface area contributed by atoms with Crippen LogP contribution in [0.2, 0.25) is 13.1 Å². The summed E-state index contributed by atoms with van der Waals surface area (Å²) in [5.41, 5.74) is 0. The van der Waals surface area contributed by atoms with Crippen LogP contribution in [0.4, 0.5) is 13.2 Å². The van der Waals surface area contributed by atoms with Gasteiger partial charge in [-0.1, -0.05) is 13.1 Å². The molecule has 0 saturated heterocycles. The molecule has 0 heterocycles. The summed E-state index contributed by atoms with van der Waals surface area (Å²) in [4.78, 5) is 0. The monoisotopic (exact) mass is 189 g/mol. The third kappa shape index (κ3) is 1.69. The van der Waals surface area contributed by atoms with Crippen LogP contribution in [0.1, 0.15) is 0 Å². The van der Waals surface area contributed by atoms with Gasteiger partial charge in [-0.05, 0) is 0 Å². The molecule has 1 aromatic carbocycles. The molecule has 0 unspecified atom stereocenters. The van der Waals surface area contributed by atoms with Crippen LogP contribution in [0.15, 0.2) is 12.1 Å². The van der Waals surface area contributed by atoms with Gasteiger partial charge in [-0.15, -0.1) is 0 Å². The molecule has 0 amide bonds. The summed E-state index contributed by atoms with van der Waals surface area (Å²) in [5, 5.41) is 0.0430. The minimum absolute atomic E-state index is 0.0430. The van der Waals surface area contributed by atoms with E-state index in [0.717, 1.165) is 12.1 Å². The van der Waals surface area contributed by atoms with Crippen LogP contribution in [0.25, 0.3) is 0 Å². The molecule has 0 aliphatic heterocycles. The molecule has 0 N–H and O–H groups in total. The number of halogens is 3. The van der Waals surface area contributed by atoms with Crippen LogP contribution in [-0.2, 0) is 0 Å². The van der Waals surface area contributed by atoms with Crippen LogP contribution in [0.5, 0.6) is 0 Å². The normalized spacial score (nSPS) is 10.8. The highest BCUT2D eigenvalue weighted by Crippen LogP contribution is 2.05. The van der Waals surface area contributed by atoms with E-state index in [1.54, 1.807) is 13.1 Å². The zero-order chi connectivity index (χ0) is 9.30. The van der Waals surface area contributed by atoms with Crippen molar-refractivity contribution >= 4 is 14.0 Å². The molecule has 0 atom stereocenters. The highest BCUT2D eigenvalue weighted by molar-refractivity contribution is 6.70. The van der Waals surface area contributed by atoms with E-state index in [0.29, 0.717) is 0 Å². The van der Waals surface area contributed by atoms with Gasteiger partial charge in [0.15, 0.2) is 0 Å². The summed E-state index contributed by atoms with van der Waals surface area (Å²) in [6.45, 7) is 3.51. The smallest absolute Gasteiger partial charge is 0.129 e. The molecule has 4 heteroatoms. The number of rotatable bonds is 1. The lowest BCUT2D eigenvalue weighted by Crippen LogP contribution is -2.30. The SMILES string of the molecule is C[Si](C)c1c(F)cc(F)cc1F. The standard InChI is InChI=1S/C8H8F3Si/c1-12(2)8-6(10)3-5(9)4-7(8)11/h3-4H,1-2H3. The van der Waals surface area contributed by atoms with Gasteiger partial charge in [0.05, 0.1) is 8.80 Å². The Hall–Kier alpha value is -0.773. The van der Waals surface area contributed by atoms with E-state index in [2.05, 4.69) is 0 Å². The Balaban J connectivity index is 3.28. The van der Waals surface area contributed by atoms with Gasteiger partial charge in [0.1, 0.15) is 17.5 Å². The zero-order valence-electron chi connectivity index (χ0n) is 6.79. The fraction of sp³-hybridized carbons (Fsp3) is 0.250. The second kappa shape index (κ2) is 3.31. The average Bonchev–Trinajstić information content (AvgIpc) is 1.82. The van der Waals surface area contributed by atoms with Gasteiger partial charge < -0.3 is 0 Å². The third-order valence-electron chi connectivity index (χ3n) is 1.51. The predicted molar refractivity (Wildman–Crippen MR) is 43.4 cm³/mol. The van der Waals surface area contributed by atoms with E-state index in [-0.39, 0.29) is 5.19 Å². The highest BCUT2D eigenvalue weighted by atomic mass is 28.3. The summed E-state index contributed by atoms with van der Waals surface area (Å²) in [6, 6.07) is 1.44. The molecule has 0 aromatic heterocycles. The third-order valence-corrected chi connectivity index (χ3v) is 2.98. The maximum absolute atomic E-state index is 12.9. The van der Waals surface area contributed by atoms with Crippen LogP contribution < -0.4 is 5.19 Å². The van der Waals surface area contributed by atoms with E-state index in [1.165, 1.54) is 0 Å². The van der Waals surface area contributed by atoms with Gasteiger partial charge >= 0.3 is 0 Å². The van der Waals surface area contributed by atoms with Crippen molar-refractivity contribution in [2.75, 3.05) is 0 Å². The second-order valence-corrected chi connectivity index (χ2v) is 5.24. The molecular weight excluding hydrogens is 181 g/mol. The summed E-state index contributed by atoms with van der Waals surface area (Å²) in [6.07, 6.45) is 0. The lowest BCUT2D eigenvalue weighted by molar-refractivity contribution is 0.553. The Morgan fingerprint density at radius 2 is 1.42 bits per heavy atom. The number of hydrogen-bond donors (Lipinski definition) is 0. The topological polar surface area (TPSA) is 0 Å². The first kappa shape index (κ1) is 9.32. The van der Waals surface area contributed by atoms with Crippen molar-refractivity contribution < 1.29 is 13.2 Å². The quantitative estimate of drug-likeness (QED) is 0.593. The van der Waals surface area contributed by atoms with Crippen LogP contribution in [-0.4, -0.2) is 8.80 Å². The van der Waals surface area contributed by atoms with Gasteiger partial charge in [0, 0.05) is 17.3 Å². The Bertz CT molecular complexity index is 273. The fourth-order valence-corrected chi connectivity index (χ4v) is 2.12. The number of benzene rings is 1. The summed E-state index contributed by atoms with van der Waals surface area (Å²) in [5.74, 6) is -2.41. The first-order chi connectivity index (χ1) is 5.52. The first-order valence-corrected chi connectivity index (χ1v) is 5.97. The molecular formula is C8H8F3Si. The molecule has 12 heavy (non-hydrogen) atoms. The molecule has 65 valence electrons. The van der Waals surface area contributed by atoms with Crippen molar-refractivity contribution in [1.82, 2.24) is 0 Å². The Labute approximate surface area is 70.6 Å². The Morgan fingerprint density at radius 1 is 1.00 bits per heavy atom. The first-order valence-electron chi connectivity index (χ1n) is 3.47. The Morgan fingerprint density at radius 3 is 1.75 bits per heavy atom. The fourth-order valence-electron chi connectivity index (χ4n) is 1.02. The zero-order valence-corrected chi connectivity index (χ0v) is 7.79. The van der Waals surface area contributed by atoms with Gasteiger partial charge in [0.25, 0.3) is 0 Å². The lowest BCUT2D eigenvalue weighted by Gasteiger charge is -2.06. The van der Waals surface area contributed by atoms with Crippen molar-refractivity contribution in [3.63, 3.8) is 0 Å². The van der Waals surface area contributed by atoms with Crippen molar-refractivity contribution in [3.05, 3.63) is 29.6 Å². The minimum Gasteiger partial charge on any atom is -0.207 e. The van der Waals surface area contributed by atoms with E-state index in [9.17, 15) is 13.2 Å². The van der Waals surface area contributed by atoms with Crippen molar-refractivity contribution in [2.24, 2.45) is 0 Å². The van der Waals surface area contributed by atoms with Crippen molar-refractivity contribution in [1.29, 1.82) is 0 Å². The predicted octanol–water partition coefficient (Wildman–Crippen LogP) is 2.07. The van der Waals surface area contributed by atoms with Crippen LogP contribution in [0, 0.1) is 17.5 Å². The van der Waals surface area contributed by atoms with E-state index in [4.69, 9.17) is 0 Å². The number of hydrogen-bond acceptors (Lipinski definition) is 0. The molecule has 0 spiro atoms. The van der Waals surface area contributed by atoms with Crippen LogP contribution in [0.3, 0.4) is 0 Å². The molecule has 0 fully saturated rings. The van der Waals surface area contributed by atoms with Gasteiger partial charge in [-0.2, -0.15) is 0 Å². The van der Waals surface area contributed by atoms with Crippen molar-refractivity contribution in [3.8, 4) is 0 Å². The molecule has 1 aromatic rings. The maximum atomic E-state index is 12.9. The Kier molecular flexibility index (Phi) is 2.57. The van der Waals surface area contributed by atoms with Gasteiger partial charge in [0.2, 0.25) is 0 Å². The van der Waals surface area contributed by atoms with Gasteiger partial charge in [-0.3, -0.25) is 0 Å². The average molecular weight is 189 g/mol. The molecule has 0 aliphatic carbocycles. The molecule has 0 nitrogen and oxygen atoms in total. The molecule has 0 aliphatic rings. The largest absolute Gasteiger partial charge is 0.207 e. The summed E-state index contributed by atoms with van der Waals surface area (Å²) in [7, 11) is -1.21. The molecule has 1 radical (unpaired) electrons. The molecule has 1 rings (SSSR count). The van der Waals surface area contributed by atoms with Crippen molar-refractivity contribution in [2.45, 2.75) is 13.1 Å². The molecule has 0 bridgehead atoms. The van der Waals surface area contributed by atoms with Crippen LogP contribution >= 0.6 is 0 Å². The summed E-state index contributed by atoms with van der Waals surface area (Å²) < 4.78 is 38.2. The second-order valence-electron chi connectivity index (χ2n) is 2.74. The summed E-state index contributed by atoms with van der Waals surface area (Å²) >= 11 is 0. The van der Waals surface area contributed by atoms with Gasteiger partial charge in [-0.25, -0.2) is 13.2 Å². The highest BCUT2D eigenvalue weighted by Gasteiger charge is 2.14. The van der Waals surface area contributed by atoms with E-state index < -0.39 is 26.2 Å². The lowest BCUT2D eigenvalue weighted by atomic mass is 10.3. The van der Waals surface area contributed by atoms with E-state index >= 15 is 0 Å². The van der Waals surface area contributed by atoms with E-state index in [1.807, 2.05) is 0 Å².